The topological polar surface area (TPSA) is 91.2 Å². The van der Waals surface area contributed by atoms with E-state index in [1.807, 2.05) is 6.92 Å². The molecule has 0 aliphatic heterocycles. The van der Waals surface area contributed by atoms with E-state index in [9.17, 15) is 4.79 Å². The number of ketones is 1. The number of carbonyl (C=O) groups is 1. The van der Waals surface area contributed by atoms with Crippen LogP contribution in [0.5, 0.6) is 0 Å². The van der Waals surface area contributed by atoms with Gasteiger partial charge in [-0.15, -0.1) is 0 Å². The van der Waals surface area contributed by atoms with Crippen molar-refractivity contribution in [3.63, 3.8) is 0 Å². The molecule has 5 nitrogen and oxygen atoms in total. The van der Waals surface area contributed by atoms with E-state index in [1.165, 1.54) is 0 Å². The van der Waals surface area contributed by atoms with Crippen molar-refractivity contribution in [2.24, 2.45) is 5.73 Å². The molecule has 4 N–H and O–H groups in total. The first kappa shape index (κ1) is 11.6. The minimum absolute atomic E-state index is 0.00741. The Morgan fingerprint density at radius 3 is 3.00 bits per heavy atom. The standard InChI is InChI=1S/C10H15N3O2/c1-7-4-8(10(12)13-5-7)9(14)6-15-3-2-11/h4-5H,2-3,6,11H2,1H3,(H2,12,13). The molecule has 5 heteroatoms. The van der Waals surface area contributed by atoms with Gasteiger partial charge >= 0.3 is 0 Å². The summed E-state index contributed by atoms with van der Waals surface area (Å²) in [7, 11) is 0. The number of aromatic nitrogens is 1. The zero-order valence-electron chi connectivity index (χ0n) is 8.69. The van der Waals surface area contributed by atoms with Gasteiger partial charge in [0.25, 0.3) is 0 Å². The van der Waals surface area contributed by atoms with Gasteiger partial charge in [0.15, 0.2) is 5.78 Å². The Hall–Kier alpha value is -1.46. The molecule has 0 saturated carbocycles. The van der Waals surface area contributed by atoms with Gasteiger partial charge in [0.05, 0.1) is 12.2 Å². The molecule has 82 valence electrons. The van der Waals surface area contributed by atoms with E-state index in [2.05, 4.69) is 4.98 Å². The van der Waals surface area contributed by atoms with Crippen LogP contribution in [0, 0.1) is 6.92 Å². The third-order valence-corrected chi connectivity index (χ3v) is 1.85. The summed E-state index contributed by atoms with van der Waals surface area (Å²) in [5.74, 6) is 0.0686. The van der Waals surface area contributed by atoms with Crippen LogP contribution in [0.1, 0.15) is 15.9 Å². The summed E-state index contributed by atoms with van der Waals surface area (Å²) >= 11 is 0. The summed E-state index contributed by atoms with van der Waals surface area (Å²) in [5, 5.41) is 0. The van der Waals surface area contributed by atoms with Gasteiger partial charge in [-0.3, -0.25) is 4.79 Å². The molecule has 0 aliphatic carbocycles. The molecule has 0 amide bonds. The molecule has 0 bridgehead atoms. The third kappa shape index (κ3) is 3.30. The van der Waals surface area contributed by atoms with Crippen molar-refractivity contribution in [3.05, 3.63) is 23.4 Å². The van der Waals surface area contributed by atoms with Crippen molar-refractivity contribution in [2.75, 3.05) is 25.5 Å². The smallest absolute Gasteiger partial charge is 0.192 e. The largest absolute Gasteiger partial charge is 0.383 e. The van der Waals surface area contributed by atoms with E-state index in [1.54, 1.807) is 12.3 Å². The maximum atomic E-state index is 11.6. The van der Waals surface area contributed by atoms with Crippen LogP contribution in [0.2, 0.25) is 0 Å². The van der Waals surface area contributed by atoms with Crippen molar-refractivity contribution >= 4 is 11.6 Å². The van der Waals surface area contributed by atoms with Crippen molar-refractivity contribution in [1.82, 2.24) is 4.98 Å². The number of Topliss-reactive ketones (excluding diaryl/α,β-unsaturated/α-hetero) is 1. The second kappa shape index (κ2) is 5.43. The summed E-state index contributed by atoms with van der Waals surface area (Å²) in [6.45, 7) is 2.61. The molecule has 0 saturated heterocycles. The fourth-order valence-corrected chi connectivity index (χ4v) is 1.13. The Morgan fingerprint density at radius 2 is 2.33 bits per heavy atom. The van der Waals surface area contributed by atoms with Gasteiger partial charge in [0, 0.05) is 12.7 Å². The van der Waals surface area contributed by atoms with Crippen molar-refractivity contribution < 1.29 is 9.53 Å². The maximum absolute atomic E-state index is 11.6. The molecule has 1 heterocycles. The highest BCUT2D eigenvalue weighted by Crippen LogP contribution is 2.11. The summed E-state index contributed by atoms with van der Waals surface area (Å²) in [4.78, 5) is 15.5. The minimum atomic E-state index is -0.169. The number of anilines is 1. The van der Waals surface area contributed by atoms with Crippen LogP contribution in [0.25, 0.3) is 0 Å². The molecule has 1 rings (SSSR count). The Balaban J connectivity index is 2.68. The lowest BCUT2D eigenvalue weighted by molar-refractivity contribution is 0.0774. The number of pyridine rings is 1. The van der Waals surface area contributed by atoms with Gasteiger partial charge in [0.1, 0.15) is 12.4 Å². The molecule has 0 atom stereocenters. The molecule has 1 aromatic rings. The highest BCUT2D eigenvalue weighted by Gasteiger charge is 2.10. The van der Waals surface area contributed by atoms with Gasteiger partial charge in [-0.1, -0.05) is 0 Å². The summed E-state index contributed by atoms with van der Waals surface area (Å²) < 4.78 is 5.04. The summed E-state index contributed by atoms with van der Waals surface area (Å²) in [6, 6.07) is 1.70. The average Bonchev–Trinajstić information content (AvgIpc) is 2.22. The molecular formula is C10H15N3O2. The number of nitrogen functional groups attached to an aromatic ring is 1. The molecule has 0 aliphatic rings. The summed E-state index contributed by atoms with van der Waals surface area (Å²) in [5.41, 5.74) is 12.1. The molecule has 0 aromatic carbocycles. The van der Waals surface area contributed by atoms with E-state index < -0.39 is 0 Å². The molecule has 0 radical (unpaired) electrons. The molecule has 0 spiro atoms. The third-order valence-electron chi connectivity index (χ3n) is 1.85. The number of aryl methyl sites for hydroxylation is 1. The minimum Gasteiger partial charge on any atom is -0.383 e. The quantitative estimate of drug-likeness (QED) is 0.531. The van der Waals surface area contributed by atoms with Crippen molar-refractivity contribution in [3.8, 4) is 0 Å². The Morgan fingerprint density at radius 1 is 1.60 bits per heavy atom. The molecule has 15 heavy (non-hydrogen) atoms. The van der Waals surface area contributed by atoms with Crippen LogP contribution >= 0.6 is 0 Å². The average molecular weight is 209 g/mol. The second-order valence-corrected chi connectivity index (χ2v) is 3.21. The van der Waals surface area contributed by atoms with Gasteiger partial charge in [-0.2, -0.15) is 0 Å². The lowest BCUT2D eigenvalue weighted by Crippen LogP contribution is -2.16. The zero-order valence-corrected chi connectivity index (χ0v) is 8.69. The first-order chi connectivity index (χ1) is 7.15. The highest BCUT2D eigenvalue weighted by atomic mass is 16.5. The van der Waals surface area contributed by atoms with E-state index in [0.717, 1.165) is 5.56 Å². The Bertz CT molecular complexity index is 353. The number of rotatable bonds is 5. The van der Waals surface area contributed by atoms with Crippen LogP contribution in [-0.4, -0.2) is 30.5 Å². The molecule has 1 aromatic heterocycles. The van der Waals surface area contributed by atoms with E-state index in [-0.39, 0.29) is 18.2 Å². The first-order valence-electron chi connectivity index (χ1n) is 4.68. The number of carbonyl (C=O) groups excluding carboxylic acids is 1. The second-order valence-electron chi connectivity index (χ2n) is 3.21. The van der Waals surface area contributed by atoms with Gasteiger partial charge in [-0.25, -0.2) is 4.98 Å². The SMILES string of the molecule is Cc1cnc(N)c(C(=O)COCCN)c1. The molecule has 0 fully saturated rings. The normalized spacial score (nSPS) is 10.3. The van der Waals surface area contributed by atoms with Crippen LogP contribution < -0.4 is 11.5 Å². The van der Waals surface area contributed by atoms with Crippen molar-refractivity contribution in [2.45, 2.75) is 6.92 Å². The van der Waals surface area contributed by atoms with Crippen LogP contribution in [0.3, 0.4) is 0 Å². The van der Waals surface area contributed by atoms with Crippen LogP contribution in [-0.2, 0) is 4.74 Å². The van der Waals surface area contributed by atoms with E-state index >= 15 is 0 Å². The summed E-state index contributed by atoms with van der Waals surface area (Å²) in [6.07, 6.45) is 1.62. The predicted molar refractivity (Wildman–Crippen MR) is 57.6 cm³/mol. The monoisotopic (exact) mass is 209 g/mol. The first-order valence-corrected chi connectivity index (χ1v) is 4.68. The zero-order chi connectivity index (χ0) is 11.3. The van der Waals surface area contributed by atoms with Crippen LogP contribution in [0.4, 0.5) is 5.82 Å². The van der Waals surface area contributed by atoms with Crippen LogP contribution in [0.15, 0.2) is 12.3 Å². The fraction of sp³-hybridized carbons (Fsp3) is 0.400. The molecular weight excluding hydrogens is 194 g/mol. The fourth-order valence-electron chi connectivity index (χ4n) is 1.13. The number of ether oxygens (including phenoxy) is 1. The predicted octanol–water partition coefficient (Wildman–Crippen LogP) is 0.130. The Kier molecular flexibility index (Phi) is 4.20. The number of hydrogen-bond donors (Lipinski definition) is 2. The lowest BCUT2D eigenvalue weighted by Gasteiger charge is -2.05. The number of nitrogens with two attached hydrogens (primary N) is 2. The number of nitrogens with zero attached hydrogens (tertiary/aromatic N) is 1. The number of hydrogen-bond acceptors (Lipinski definition) is 5. The van der Waals surface area contributed by atoms with E-state index in [4.69, 9.17) is 16.2 Å². The van der Waals surface area contributed by atoms with Gasteiger partial charge < -0.3 is 16.2 Å². The van der Waals surface area contributed by atoms with Crippen molar-refractivity contribution in [1.29, 1.82) is 0 Å². The van der Waals surface area contributed by atoms with Gasteiger partial charge in [0.2, 0.25) is 0 Å². The van der Waals surface area contributed by atoms with Gasteiger partial charge in [-0.05, 0) is 18.6 Å². The Labute approximate surface area is 88.4 Å². The van der Waals surface area contributed by atoms with E-state index in [0.29, 0.717) is 18.7 Å². The maximum Gasteiger partial charge on any atom is 0.192 e. The highest BCUT2D eigenvalue weighted by molar-refractivity contribution is 6.00. The molecule has 0 unspecified atom stereocenters. The lowest BCUT2D eigenvalue weighted by atomic mass is 10.1.